The predicted octanol–water partition coefficient (Wildman–Crippen LogP) is 1.27. The highest BCUT2D eigenvalue weighted by Gasteiger charge is 2.26. The number of carbonyl (C=O) groups is 2. The molecule has 0 aliphatic carbocycles. The van der Waals surface area contributed by atoms with Crippen LogP contribution in [0.1, 0.15) is 26.7 Å². The molecule has 1 aromatic carbocycles. The first kappa shape index (κ1) is 23.4. The number of para-hydroxylation sites is 1. The van der Waals surface area contributed by atoms with Gasteiger partial charge in [0.1, 0.15) is 5.75 Å². The van der Waals surface area contributed by atoms with Gasteiger partial charge in [-0.2, -0.15) is 0 Å². The Balaban J connectivity index is 0.000000575. The minimum Gasteiger partial charge on any atom is -0.508 e. The van der Waals surface area contributed by atoms with E-state index in [9.17, 15) is 9.59 Å². The van der Waals surface area contributed by atoms with Crippen LogP contribution in [0.25, 0.3) is 0 Å². The first-order valence-electron chi connectivity index (χ1n) is 8.33. The summed E-state index contributed by atoms with van der Waals surface area (Å²) in [6, 6.07) is 8.72. The molecule has 144 valence electrons. The lowest BCUT2D eigenvalue weighted by Crippen LogP contribution is -2.50. The minimum absolute atomic E-state index is 0.00278. The van der Waals surface area contributed by atoms with Gasteiger partial charge >= 0.3 is 0 Å². The first-order valence-corrected chi connectivity index (χ1v) is 8.33. The highest BCUT2D eigenvalue weighted by Crippen LogP contribution is 2.15. The standard InChI is InChI=1S/C11H21N3O3.C6H6O.CHN/c1-9(2)17-14(8-15)10-4-3-5-13(6-10)7-11(12)16;7-6-4-2-1-3-5-6;1-2/h8-10H,3-7H2,1-2H3,(H2,12,16);1-5,7H;1H. The van der Waals surface area contributed by atoms with Crippen LogP contribution in [-0.4, -0.2) is 59.2 Å². The fourth-order valence-electron chi connectivity index (χ4n) is 2.47. The quantitative estimate of drug-likeness (QED) is 0.579. The lowest BCUT2D eigenvalue weighted by atomic mass is 10.1. The van der Waals surface area contributed by atoms with Gasteiger partial charge in [-0.3, -0.25) is 19.3 Å². The number of amides is 2. The number of phenols is 1. The number of phenolic OH excluding ortho intramolecular Hbond substituents is 1. The van der Waals surface area contributed by atoms with Crippen LogP contribution in [0, 0.1) is 11.8 Å². The van der Waals surface area contributed by atoms with Crippen molar-refractivity contribution in [2.75, 3.05) is 19.6 Å². The normalized spacial score (nSPS) is 16.4. The summed E-state index contributed by atoms with van der Waals surface area (Å²) in [5.74, 6) is -0.0180. The van der Waals surface area contributed by atoms with Crippen LogP contribution < -0.4 is 5.73 Å². The van der Waals surface area contributed by atoms with Crippen molar-refractivity contribution in [3.8, 4) is 12.3 Å². The Morgan fingerprint density at radius 1 is 1.46 bits per heavy atom. The number of likely N-dealkylation sites (tertiary alicyclic amines) is 1. The van der Waals surface area contributed by atoms with Crippen LogP contribution in [-0.2, 0) is 14.4 Å². The number of nitrogens with two attached hydrogens (primary N) is 1. The van der Waals surface area contributed by atoms with E-state index in [1.807, 2.05) is 24.8 Å². The van der Waals surface area contributed by atoms with Gasteiger partial charge in [-0.1, -0.05) is 18.2 Å². The van der Waals surface area contributed by atoms with Crippen LogP contribution in [0.15, 0.2) is 30.3 Å². The maximum absolute atomic E-state index is 11.0. The zero-order chi connectivity index (χ0) is 19.9. The summed E-state index contributed by atoms with van der Waals surface area (Å²) in [4.78, 5) is 29.2. The first-order chi connectivity index (χ1) is 12.4. The molecule has 3 N–H and O–H groups in total. The van der Waals surface area contributed by atoms with Crippen molar-refractivity contribution in [2.24, 2.45) is 5.73 Å². The number of aromatic hydroxyl groups is 1. The molecule has 0 radical (unpaired) electrons. The van der Waals surface area contributed by atoms with Crippen molar-refractivity contribution in [2.45, 2.75) is 38.8 Å². The van der Waals surface area contributed by atoms with E-state index in [2.05, 4.69) is 6.57 Å². The monoisotopic (exact) mass is 364 g/mol. The van der Waals surface area contributed by atoms with Crippen LogP contribution in [0.3, 0.4) is 0 Å². The maximum atomic E-state index is 11.0. The highest BCUT2D eigenvalue weighted by molar-refractivity contribution is 5.75. The number of benzene rings is 1. The Morgan fingerprint density at radius 3 is 2.50 bits per heavy atom. The van der Waals surface area contributed by atoms with E-state index in [1.54, 1.807) is 24.3 Å². The number of primary amides is 1. The molecule has 26 heavy (non-hydrogen) atoms. The summed E-state index contributed by atoms with van der Waals surface area (Å²) in [6.07, 6.45) is 2.50. The van der Waals surface area contributed by atoms with Crippen molar-refractivity contribution in [1.29, 1.82) is 5.26 Å². The number of hydrogen-bond acceptors (Lipinski definition) is 6. The zero-order valence-electron chi connectivity index (χ0n) is 15.3. The molecule has 1 aliphatic heterocycles. The van der Waals surface area contributed by atoms with E-state index in [0.29, 0.717) is 18.7 Å². The molecule has 1 fully saturated rings. The number of piperidine rings is 1. The summed E-state index contributed by atoms with van der Waals surface area (Å²) >= 11 is 0. The van der Waals surface area contributed by atoms with Crippen LogP contribution >= 0.6 is 0 Å². The molecule has 1 atom stereocenters. The third-order valence-corrected chi connectivity index (χ3v) is 3.41. The molecule has 0 spiro atoms. The third kappa shape index (κ3) is 10.3. The van der Waals surface area contributed by atoms with Crippen molar-refractivity contribution in [3.63, 3.8) is 0 Å². The molecule has 0 saturated carbocycles. The molecule has 8 nitrogen and oxygen atoms in total. The van der Waals surface area contributed by atoms with E-state index in [1.165, 1.54) is 5.06 Å². The van der Waals surface area contributed by atoms with Gasteiger partial charge in [0.05, 0.1) is 18.7 Å². The van der Waals surface area contributed by atoms with Gasteiger partial charge in [0.25, 0.3) is 0 Å². The van der Waals surface area contributed by atoms with Crippen LogP contribution in [0.5, 0.6) is 5.75 Å². The Morgan fingerprint density at radius 2 is 2.08 bits per heavy atom. The van der Waals surface area contributed by atoms with E-state index in [0.717, 1.165) is 19.4 Å². The number of rotatable bonds is 6. The fourth-order valence-corrected chi connectivity index (χ4v) is 2.47. The summed E-state index contributed by atoms with van der Waals surface area (Å²) < 4.78 is 0. The Kier molecular flexibility index (Phi) is 12.3. The second kappa shape index (κ2) is 13.6. The average Bonchev–Trinajstić information content (AvgIpc) is 2.62. The number of carbonyl (C=O) groups excluding carboxylic acids is 2. The van der Waals surface area contributed by atoms with Crippen LogP contribution in [0.4, 0.5) is 0 Å². The Labute approximate surface area is 154 Å². The summed E-state index contributed by atoms with van der Waals surface area (Å²) in [6.45, 7) is 8.97. The molecule has 1 aromatic rings. The molecule has 0 aromatic heterocycles. The lowest BCUT2D eigenvalue weighted by Gasteiger charge is -2.36. The number of hydrogen-bond donors (Lipinski definition) is 2. The predicted molar refractivity (Wildman–Crippen MR) is 97.6 cm³/mol. The van der Waals surface area contributed by atoms with Gasteiger partial charge in [0.15, 0.2) is 0 Å². The van der Waals surface area contributed by atoms with Crippen LogP contribution in [0.2, 0.25) is 0 Å². The van der Waals surface area contributed by atoms with E-state index < -0.39 is 0 Å². The van der Waals surface area contributed by atoms with E-state index in [-0.39, 0.29) is 24.6 Å². The molecule has 0 bridgehead atoms. The summed E-state index contributed by atoms with van der Waals surface area (Å²) in [7, 11) is 0. The summed E-state index contributed by atoms with van der Waals surface area (Å²) in [5.41, 5.74) is 5.16. The Hall–Kier alpha value is -2.63. The number of nitriles is 1. The number of hydroxylamine groups is 2. The SMILES string of the molecule is C#N.CC(C)ON(C=O)C1CCCN(CC(N)=O)C1.Oc1ccccc1. The van der Waals surface area contributed by atoms with E-state index >= 15 is 0 Å². The molecular weight excluding hydrogens is 336 g/mol. The molecule has 1 heterocycles. The molecule has 8 heteroatoms. The van der Waals surface area contributed by atoms with Gasteiger partial charge in [0, 0.05) is 13.1 Å². The van der Waals surface area contributed by atoms with Gasteiger partial charge in [-0.15, -0.1) is 0 Å². The highest BCUT2D eigenvalue weighted by atomic mass is 16.7. The van der Waals surface area contributed by atoms with Crippen molar-refractivity contribution < 1.29 is 19.5 Å². The smallest absolute Gasteiger partial charge is 0.233 e. The summed E-state index contributed by atoms with van der Waals surface area (Å²) in [5, 5.41) is 16.5. The second-order valence-corrected chi connectivity index (χ2v) is 5.95. The molecular formula is C18H28N4O4. The fraction of sp³-hybridized carbons (Fsp3) is 0.500. The van der Waals surface area contributed by atoms with Crippen molar-refractivity contribution in [1.82, 2.24) is 9.96 Å². The minimum atomic E-state index is -0.340. The van der Waals surface area contributed by atoms with Gasteiger partial charge in [-0.05, 0) is 45.4 Å². The molecule has 1 aliphatic rings. The van der Waals surface area contributed by atoms with Crippen molar-refractivity contribution in [3.05, 3.63) is 30.3 Å². The second-order valence-electron chi connectivity index (χ2n) is 5.95. The van der Waals surface area contributed by atoms with Gasteiger partial charge in [0.2, 0.25) is 12.3 Å². The van der Waals surface area contributed by atoms with Gasteiger partial charge < -0.3 is 10.8 Å². The Bertz CT molecular complexity index is 536. The van der Waals surface area contributed by atoms with Crippen molar-refractivity contribution >= 4 is 12.3 Å². The topological polar surface area (TPSA) is 120 Å². The average molecular weight is 364 g/mol. The third-order valence-electron chi connectivity index (χ3n) is 3.41. The zero-order valence-corrected chi connectivity index (χ0v) is 15.3. The van der Waals surface area contributed by atoms with E-state index in [4.69, 9.17) is 20.9 Å². The largest absolute Gasteiger partial charge is 0.508 e. The maximum Gasteiger partial charge on any atom is 0.233 e. The molecule has 2 rings (SSSR count). The molecule has 1 saturated heterocycles. The molecule has 1 unspecified atom stereocenters. The number of nitrogens with zero attached hydrogens (tertiary/aromatic N) is 3. The van der Waals surface area contributed by atoms with Gasteiger partial charge in [-0.25, -0.2) is 10.3 Å². The molecule has 2 amide bonds. The lowest BCUT2D eigenvalue weighted by molar-refractivity contribution is -0.208.